The SMILES string of the molecule is COc1ccc(OC)c(CNS(=O)(=O)c2cc(OC)ccc2OC)c1. The van der Waals surface area contributed by atoms with E-state index in [4.69, 9.17) is 18.9 Å². The van der Waals surface area contributed by atoms with Gasteiger partial charge in [0.05, 0.1) is 28.4 Å². The number of nitrogens with one attached hydrogen (secondary N) is 1. The molecule has 2 rings (SSSR count). The Balaban J connectivity index is 2.31. The van der Waals surface area contributed by atoms with Gasteiger partial charge in [-0.3, -0.25) is 0 Å². The van der Waals surface area contributed by atoms with Crippen molar-refractivity contribution in [3.63, 3.8) is 0 Å². The molecule has 1 N–H and O–H groups in total. The Labute approximate surface area is 147 Å². The number of benzene rings is 2. The number of sulfonamides is 1. The van der Waals surface area contributed by atoms with Gasteiger partial charge in [0.2, 0.25) is 10.0 Å². The number of hydrogen-bond donors (Lipinski definition) is 1. The zero-order chi connectivity index (χ0) is 18.4. The maximum Gasteiger partial charge on any atom is 0.244 e. The summed E-state index contributed by atoms with van der Waals surface area (Å²) in [5.74, 6) is 1.81. The molecule has 0 aliphatic rings. The molecule has 0 bridgehead atoms. The average Bonchev–Trinajstić information content (AvgIpc) is 2.65. The van der Waals surface area contributed by atoms with Crippen molar-refractivity contribution in [2.75, 3.05) is 28.4 Å². The Kier molecular flexibility index (Phi) is 6.11. The fourth-order valence-electron chi connectivity index (χ4n) is 2.26. The van der Waals surface area contributed by atoms with Crippen LogP contribution in [0.3, 0.4) is 0 Å². The van der Waals surface area contributed by atoms with E-state index in [1.165, 1.54) is 34.5 Å². The van der Waals surface area contributed by atoms with E-state index in [0.717, 1.165) is 0 Å². The summed E-state index contributed by atoms with van der Waals surface area (Å²) in [6, 6.07) is 9.74. The van der Waals surface area contributed by atoms with Gasteiger partial charge in [-0.2, -0.15) is 0 Å². The highest BCUT2D eigenvalue weighted by Crippen LogP contribution is 2.29. The van der Waals surface area contributed by atoms with Gasteiger partial charge >= 0.3 is 0 Å². The van der Waals surface area contributed by atoms with Crippen molar-refractivity contribution in [2.24, 2.45) is 0 Å². The first-order chi connectivity index (χ1) is 11.9. The zero-order valence-electron chi connectivity index (χ0n) is 14.5. The van der Waals surface area contributed by atoms with Gasteiger partial charge in [-0.25, -0.2) is 13.1 Å². The van der Waals surface area contributed by atoms with E-state index in [9.17, 15) is 8.42 Å². The molecule has 7 nitrogen and oxygen atoms in total. The minimum absolute atomic E-state index is 0.00351. The van der Waals surface area contributed by atoms with Crippen LogP contribution < -0.4 is 23.7 Å². The van der Waals surface area contributed by atoms with Crippen LogP contribution in [0.25, 0.3) is 0 Å². The van der Waals surface area contributed by atoms with Crippen LogP contribution >= 0.6 is 0 Å². The van der Waals surface area contributed by atoms with E-state index in [0.29, 0.717) is 22.8 Å². The Morgan fingerprint density at radius 3 is 1.92 bits per heavy atom. The zero-order valence-corrected chi connectivity index (χ0v) is 15.3. The highest BCUT2D eigenvalue weighted by molar-refractivity contribution is 7.89. The Hall–Kier alpha value is -2.45. The Morgan fingerprint density at radius 2 is 1.36 bits per heavy atom. The number of hydrogen-bond acceptors (Lipinski definition) is 6. The molecule has 25 heavy (non-hydrogen) atoms. The molecular formula is C17H21NO6S. The van der Waals surface area contributed by atoms with E-state index in [2.05, 4.69) is 4.72 Å². The summed E-state index contributed by atoms with van der Waals surface area (Å²) >= 11 is 0. The van der Waals surface area contributed by atoms with Gasteiger partial charge in [-0.05, 0) is 30.3 Å². The van der Waals surface area contributed by atoms with Crippen LogP contribution in [0.2, 0.25) is 0 Å². The maximum absolute atomic E-state index is 12.7. The quantitative estimate of drug-likeness (QED) is 0.770. The summed E-state index contributed by atoms with van der Waals surface area (Å²) in [7, 11) is 2.10. The van der Waals surface area contributed by atoms with Gasteiger partial charge in [0.1, 0.15) is 27.9 Å². The molecule has 136 valence electrons. The minimum atomic E-state index is -3.83. The summed E-state index contributed by atoms with van der Waals surface area (Å²) in [5.41, 5.74) is 0.646. The molecule has 0 aromatic heterocycles. The van der Waals surface area contributed by atoms with Crippen LogP contribution in [0, 0.1) is 0 Å². The number of ether oxygens (including phenoxy) is 4. The smallest absolute Gasteiger partial charge is 0.244 e. The fourth-order valence-corrected chi connectivity index (χ4v) is 3.45. The fraction of sp³-hybridized carbons (Fsp3) is 0.294. The predicted octanol–water partition coefficient (Wildman–Crippen LogP) is 2.20. The van der Waals surface area contributed by atoms with Gasteiger partial charge in [-0.1, -0.05) is 0 Å². The van der Waals surface area contributed by atoms with E-state index >= 15 is 0 Å². The summed E-state index contributed by atoms with van der Waals surface area (Å²) in [5, 5.41) is 0. The van der Waals surface area contributed by atoms with Crippen molar-refractivity contribution in [3.05, 3.63) is 42.0 Å². The van der Waals surface area contributed by atoms with Crippen molar-refractivity contribution in [1.82, 2.24) is 4.72 Å². The van der Waals surface area contributed by atoms with Crippen LogP contribution in [-0.2, 0) is 16.6 Å². The van der Waals surface area contributed by atoms with Crippen LogP contribution in [0.5, 0.6) is 23.0 Å². The van der Waals surface area contributed by atoms with E-state index in [1.807, 2.05) is 0 Å². The minimum Gasteiger partial charge on any atom is -0.497 e. The van der Waals surface area contributed by atoms with Gasteiger partial charge in [0, 0.05) is 18.2 Å². The van der Waals surface area contributed by atoms with Crippen molar-refractivity contribution in [2.45, 2.75) is 11.4 Å². The van der Waals surface area contributed by atoms with E-state index < -0.39 is 10.0 Å². The van der Waals surface area contributed by atoms with Crippen LogP contribution in [0.15, 0.2) is 41.3 Å². The number of methoxy groups -OCH3 is 4. The second-order valence-corrected chi connectivity index (χ2v) is 6.75. The molecule has 0 atom stereocenters. The molecule has 0 amide bonds. The van der Waals surface area contributed by atoms with Crippen LogP contribution in [0.4, 0.5) is 0 Å². The molecule has 8 heteroatoms. The third-order valence-corrected chi connectivity index (χ3v) is 5.02. The molecule has 0 saturated carbocycles. The molecule has 2 aromatic carbocycles. The molecule has 0 aliphatic carbocycles. The molecular weight excluding hydrogens is 346 g/mol. The van der Waals surface area contributed by atoms with Crippen molar-refractivity contribution < 1.29 is 27.4 Å². The standard InChI is InChI=1S/C17H21NO6S/c1-21-13-5-7-15(23-3)12(9-13)11-18-25(19,20)17-10-14(22-2)6-8-16(17)24-4/h5-10,18H,11H2,1-4H3. The highest BCUT2D eigenvalue weighted by Gasteiger charge is 2.21. The lowest BCUT2D eigenvalue weighted by atomic mass is 10.2. The van der Waals surface area contributed by atoms with Gasteiger partial charge in [0.15, 0.2) is 0 Å². The highest BCUT2D eigenvalue weighted by atomic mass is 32.2. The Morgan fingerprint density at radius 1 is 0.800 bits per heavy atom. The molecule has 0 radical (unpaired) electrons. The molecule has 0 unspecified atom stereocenters. The first-order valence-corrected chi connectivity index (χ1v) is 8.86. The summed E-state index contributed by atoms with van der Waals surface area (Å²) in [6.07, 6.45) is 0. The van der Waals surface area contributed by atoms with Crippen molar-refractivity contribution >= 4 is 10.0 Å². The monoisotopic (exact) mass is 367 g/mol. The molecule has 0 spiro atoms. The second-order valence-electron chi connectivity index (χ2n) is 5.02. The Bertz CT molecular complexity index is 835. The lowest BCUT2D eigenvalue weighted by Crippen LogP contribution is -2.24. The average molecular weight is 367 g/mol. The van der Waals surface area contributed by atoms with Gasteiger partial charge in [-0.15, -0.1) is 0 Å². The first-order valence-electron chi connectivity index (χ1n) is 7.37. The van der Waals surface area contributed by atoms with Crippen molar-refractivity contribution in [3.8, 4) is 23.0 Å². The predicted molar refractivity (Wildman–Crippen MR) is 93.1 cm³/mol. The first kappa shape index (κ1) is 18.9. The summed E-state index contributed by atoms with van der Waals surface area (Å²) in [4.78, 5) is -0.00351. The largest absolute Gasteiger partial charge is 0.497 e. The number of rotatable bonds is 8. The third-order valence-electron chi connectivity index (χ3n) is 3.60. The topological polar surface area (TPSA) is 83.1 Å². The molecule has 0 fully saturated rings. The van der Waals surface area contributed by atoms with E-state index in [1.54, 1.807) is 30.3 Å². The lowest BCUT2D eigenvalue weighted by Gasteiger charge is -2.14. The van der Waals surface area contributed by atoms with Crippen LogP contribution in [-0.4, -0.2) is 36.9 Å². The van der Waals surface area contributed by atoms with Gasteiger partial charge in [0.25, 0.3) is 0 Å². The molecule has 0 saturated heterocycles. The second kappa shape index (κ2) is 8.09. The van der Waals surface area contributed by atoms with Crippen LogP contribution in [0.1, 0.15) is 5.56 Å². The maximum atomic E-state index is 12.7. The van der Waals surface area contributed by atoms with Crippen molar-refractivity contribution in [1.29, 1.82) is 0 Å². The summed E-state index contributed by atoms with van der Waals surface area (Å²) < 4.78 is 48.6. The molecule has 2 aromatic rings. The van der Waals surface area contributed by atoms with E-state index in [-0.39, 0.29) is 17.2 Å². The summed E-state index contributed by atoms with van der Waals surface area (Å²) in [6.45, 7) is 0.0308. The molecule has 0 heterocycles. The lowest BCUT2D eigenvalue weighted by molar-refractivity contribution is 0.391. The third kappa shape index (κ3) is 4.34. The molecule has 0 aliphatic heterocycles. The normalized spacial score (nSPS) is 11.0. The van der Waals surface area contributed by atoms with Gasteiger partial charge < -0.3 is 18.9 Å².